The van der Waals surface area contributed by atoms with Gasteiger partial charge >= 0.3 is 6.09 Å². The predicted molar refractivity (Wildman–Crippen MR) is 105 cm³/mol. The predicted octanol–water partition coefficient (Wildman–Crippen LogP) is 5.16. The lowest BCUT2D eigenvalue weighted by Gasteiger charge is -2.44. The number of rotatable bonds is 5. The molecule has 1 unspecified atom stereocenters. The molecule has 6 heteroatoms. The fourth-order valence-corrected chi connectivity index (χ4v) is 4.08. The number of hydrogen-bond acceptors (Lipinski definition) is 3. The van der Waals surface area contributed by atoms with Crippen LogP contribution in [0.25, 0.3) is 0 Å². The Morgan fingerprint density at radius 2 is 1.96 bits per heavy atom. The van der Waals surface area contributed by atoms with E-state index >= 15 is 0 Å². The largest absolute Gasteiger partial charge is 0.438 e. The molecule has 2 aromatic carbocycles. The van der Waals surface area contributed by atoms with Gasteiger partial charge in [-0.05, 0) is 49.2 Å². The van der Waals surface area contributed by atoms with Crippen LogP contribution in [0.3, 0.4) is 0 Å². The molecule has 3 rings (SSSR count). The van der Waals surface area contributed by atoms with Gasteiger partial charge in [-0.1, -0.05) is 40.2 Å². The van der Waals surface area contributed by atoms with Crippen molar-refractivity contribution in [3.8, 4) is 0 Å². The molecule has 1 N–H and O–H groups in total. The molecule has 0 radical (unpaired) electrons. The molecule has 2 aromatic rings. The summed E-state index contributed by atoms with van der Waals surface area (Å²) in [4.78, 5) is 14.6. The topological polar surface area (TPSA) is 49.8 Å². The van der Waals surface area contributed by atoms with Crippen molar-refractivity contribution in [2.75, 3.05) is 6.54 Å². The van der Waals surface area contributed by atoms with Crippen molar-refractivity contribution in [2.24, 2.45) is 0 Å². The highest BCUT2D eigenvalue weighted by Crippen LogP contribution is 2.40. The Bertz CT molecular complexity index is 811. The lowest BCUT2D eigenvalue weighted by atomic mass is 9.84. The van der Waals surface area contributed by atoms with Gasteiger partial charge in [0.15, 0.2) is 0 Å². The molecule has 1 heterocycles. The van der Waals surface area contributed by atoms with E-state index in [2.05, 4.69) is 15.9 Å². The van der Waals surface area contributed by atoms with Crippen molar-refractivity contribution in [3.05, 3.63) is 69.9 Å². The minimum absolute atomic E-state index is 0.146. The molecule has 0 saturated carbocycles. The second-order valence-electron chi connectivity index (χ2n) is 7.10. The SMILES string of the molecule is CC(c1cccc(Br)c1)N1CC[C@](C[C@H](C)O)(c2ccc(F)cc2)OC1=O. The van der Waals surface area contributed by atoms with Gasteiger partial charge in [0.2, 0.25) is 0 Å². The number of nitrogens with zero attached hydrogens (tertiary/aromatic N) is 1. The molecule has 1 amide bonds. The lowest BCUT2D eigenvalue weighted by molar-refractivity contribution is -0.0816. The number of benzene rings is 2. The van der Waals surface area contributed by atoms with Crippen LogP contribution in [-0.2, 0) is 10.3 Å². The van der Waals surface area contributed by atoms with Crippen LogP contribution in [0.2, 0.25) is 0 Å². The Labute approximate surface area is 167 Å². The Balaban J connectivity index is 1.85. The van der Waals surface area contributed by atoms with Crippen LogP contribution in [0.5, 0.6) is 0 Å². The number of ether oxygens (including phenoxy) is 1. The normalized spacial score (nSPS) is 22.3. The van der Waals surface area contributed by atoms with Crippen molar-refractivity contribution >= 4 is 22.0 Å². The smallest absolute Gasteiger partial charge is 0.411 e. The van der Waals surface area contributed by atoms with E-state index in [4.69, 9.17) is 4.74 Å². The molecular weight excluding hydrogens is 413 g/mol. The van der Waals surface area contributed by atoms with Crippen molar-refractivity contribution in [1.82, 2.24) is 4.90 Å². The first-order valence-corrected chi connectivity index (χ1v) is 9.79. The Kier molecular flexibility index (Phi) is 5.86. The number of halogens is 2. The zero-order valence-electron chi connectivity index (χ0n) is 15.4. The van der Waals surface area contributed by atoms with Gasteiger partial charge in [0.05, 0.1) is 12.1 Å². The Morgan fingerprint density at radius 1 is 1.26 bits per heavy atom. The molecule has 3 atom stereocenters. The van der Waals surface area contributed by atoms with Crippen molar-refractivity contribution in [1.29, 1.82) is 0 Å². The summed E-state index contributed by atoms with van der Waals surface area (Å²) < 4.78 is 20.2. The van der Waals surface area contributed by atoms with E-state index in [1.165, 1.54) is 12.1 Å². The molecule has 1 fully saturated rings. The van der Waals surface area contributed by atoms with E-state index in [-0.39, 0.29) is 18.3 Å². The summed E-state index contributed by atoms with van der Waals surface area (Å²) in [5, 5.41) is 9.97. The van der Waals surface area contributed by atoms with Gasteiger partial charge in [-0.15, -0.1) is 0 Å². The summed E-state index contributed by atoms with van der Waals surface area (Å²) >= 11 is 3.46. The maximum Gasteiger partial charge on any atom is 0.411 e. The lowest BCUT2D eigenvalue weighted by Crippen LogP contribution is -2.49. The monoisotopic (exact) mass is 435 g/mol. The molecule has 0 bridgehead atoms. The fourth-order valence-electron chi connectivity index (χ4n) is 3.66. The molecule has 1 aliphatic heterocycles. The van der Waals surface area contributed by atoms with E-state index in [0.717, 1.165) is 10.0 Å². The Morgan fingerprint density at radius 3 is 2.56 bits per heavy atom. The first-order valence-electron chi connectivity index (χ1n) is 9.00. The van der Waals surface area contributed by atoms with Crippen LogP contribution in [0.15, 0.2) is 53.0 Å². The third-order valence-corrected chi connectivity index (χ3v) is 5.56. The van der Waals surface area contributed by atoms with Crippen LogP contribution < -0.4 is 0 Å². The van der Waals surface area contributed by atoms with Crippen molar-refractivity contribution in [3.63, 3.8) is 0 Å². The maximum atomic E-state index is 13.3. The molecule has 0 aromatic heterocycles. The third-order valence-electron chi connectivity index (χ3n) is 5.07. The average molecular weight is 436 g/mol. The highest BCUT2D eigenvalue weighted by atomic mass is 79.9. The van der Waals surface area contributed by atoms with Crippen LogP contribution in [0, 0.1) is 5.82 Å². The van der Waals surface area contributed by atoms with Crippen molar-refractivity contribution < 1.29 is 19.0 Å². The van der Waals surface area contributed by atoms with E-state index in [1.54, 1.807) is 24.0 Å². The second-order valence-corrected chi connectivity index (χ2v) is 8.01. The zero-order valence-corrected chi connectivity index (χ0v) is 16.9. The quantitative estimate of drug-likeness (QED) is 0.705. The van der Waals surface area contributed by atoms with Gasteiger partial charge in [0.25, 0.3) is 0 Å². The number of aliphatic hydroxyl groups is 1. The maximum absolute atomic E-state index is 13.3. The number of carbonyl (C=O) groups excluding carboxylic acids is 1. The molecule has 1 saturated heterocycles. The number of carbonyl (C=O) groups is 1. The minimum Gasteiger partial charge on any atom is -0.438 e. The highest BCUT2D eigenvalue weighted by Gasteiger charge is 2.44. The van der Waals surface area contributed by atoms with Gasteiger partial charge < -0.3 is 14.7 Å². The van der Waals surface area contributed by atoms with E-state index in [9.17, 15) is 14.3 Å². The van der Waals surface area contributed by atoms with Gasteiger partial charge in [-0.2, -0.15) is 0 Å². The standard InChI is InChI=1S/C21H23BrFNO3/c1-14(25)13-21(17-6-8-19(23)9-7-17)10-11-24(20(26)27-21)15(2)16-4-3-5-18(22)12-16/h3-9,12,14-15,25H,10-11,13H2,1-2H3/t14-,15?,21-/m0/s1. The van der Waals surface area contributed by atoms with Crippen LogP contribution in [0.1, 0.15) is 43.9 Å². The molecule has 1 aliphatic rings. The molecule has 27 heavy (non-hydrogen) atoms. The van der Waals surface area contributed by atoms with Crippen molar-refractivity contribution in [2.45, 2.75) is 44.4 Å². The highest BCUT2D eigenvalue weighted by molar-refractivity contribution is 9.10. The summed E-state index contributed by atoms with van der Waals surface area (Å²) in [6, 6.07) is 13.6. The zero-order chi connectivity index (χ0) is 19.6. The number of hydrogen-bond donors (Lipinski definition) is 1. The van der Waals surface area contributed by atoms with Crippen LogP contribution in [-0.4, -0.2) is 28.7 Å². The summed E-state index contributed by atoms with van der Waals surface area (Å²) in [7, 11) is 0. The second kappa shape index (κ2) is 7.98. The molecule has 144 valence electrons. The van der Waals surface area contributed by atoms with Gasteiger partial charge in [0, 0.05) is 23.9 Å². The van der Waals surface area contributed by atoms with Gasteiger partial charge in [-0.3, -0.25) is 0 Å². The van der Waals surface area contributed by atoms with E-state index in [1.807, 2.05) is 31.2 Å². The van der Waals surface area contributed by atoms with Gasteiger partial charge in [-0.25, -0.2) is 9.18 Å². The first kappa shape index (κ1) is 19.8. The summed E-state index contributed by atoms with van der Waals surface area (Å²) in [6.45, 7) is 4.11. The van der Waals surface area contributed by atoms with Gasteiger partial charge in [0.1, 0.15) is 11.4 Å². The number of cyclic esters (lactones) is 1. The van der Waals surface area contributed by atoms with E-state index < -0.39 is 17.8 Å². The summed E-state index contributed by atoms with van der Waals surface area (Å²) in [5.74, 6) is -0.349. The minimum atomic E-state index is -0.952. The fraction of sp³-hybridized carbons (Fsp3) is 0.381. The summed E-state index contributed by atoms with van der Waals surface area (Å²) in [5.41, 5.74) is 0.756. The molecular formula is C21H23BrFNO3. The average Bonchev–Trinajstić information content (AvgIpc) is 2.61. The molecule has 4 nitrogen and oxygen atoms in total. The first-order chi connectivity index (χ1) is 12.8. The van der Waals surface area contributed by atoms with E-state index in [0.29, 0.717) is 18.5 Å². The molecule has 0 aliphatic carbocycles. The Hall–Kier alpha value is -1.92. The van der Waals surface area contributed by atoms with Crippen LogP contribution >= 0.6 is 15.9 Å². The molecule has 0 spiro atoms. The summed E-state index contributed by atoms with van der Waals surface area (Å²) in [6.07, 6.45) is -0.299. The number of aliphatic hydroxyl groups excluding tert-OH is 1. The third kappa shape index (κ3) is 4.33. The van der Waals surface area contributed by atoms with Crippen LogP contribution in [0.4, 0.5) is 9.18 Å². The number of amides is 1.